The van der Waals surface area contributed by atoms with Crippen LogP contribution in [0.5, 0.6) is 5.75 Å². The Labute approximate surface area is 240 Å². The van der Waals surface area contributed by atoms with Gasteiger partial charge in [-0.2, -0.15) is 0 Å². The van der Waals surface area contributed by atoms with Crippen LogP contribution in [0.1, 0.15) is 6.42 Å². The van der Waals surface area contributed by atoms with Crippen molar-refractivity contribution < 1.29 is 14.3 Å². The van der Waals surface area contributed by atoms with Gasteiger partial charge >= 0.3 is 6.03 Å². The van der Waals surface area contributed by atoms with E-state index in [-0.39, 0.29) is 6.03 Å². The number of hydrogen-bond donors (Lipinski definition) is 3. The minimum atomic E-state index is -0.364. The average molecular weight is 588 g/mol. The van der Waals surface area contributed by atoms with Crippen LogP contribution in [0.25, 0.3) is 21.6 Å². The number of hydrogen-bond acceptors (Lipinski definition) is 8. The highest BCUT2D eigenvalue weighted by atomic mass is 35.5. The fraction of sp³-hybridized carbons (Fsp3) is 0.296. The number of nitrogens with zero attached hydrogens (tertiary/aromatic N) is 3. The van der Waals surface area contributed by atoms with E-state index in [0.29, 0.717) is 43.6 Å². The van der Waals surface area contributed by atoms with Crippen molar-refractivity contribution in [2.24, 2.45) is 0 Å². The van der Waals surface area contributed by atoms with Crippen LogP contribution in [-0.2, 0) is 4.74 Å². The molecule has 204 valence electrons. The molecule has 0 radical (unpaired) electrons. The van der Waals surface area contributed by atoms with Crippen molar-refractivity contribution in [2.75, 3.05) is 62.5 Å². The average Bonchev–Trinajstić information content (AvgIpc) is 3.25. The summed E-state index contributed by atoms with van der Waals surface area (Å²) < 4.78 is 11.9. The minimum Gasteiger partial charge on any atom is -0.497 e. The molecule has 39 heavy (non-hydrogen) atoms. The van der Waals surface area contributed by atoms with Crippen molar-refractivity contribution in [1.29, 1.82) is 0 Å². The number of fused-ring (bicyclic) bond motifs is 1. The van der Waals surface area contributed by atoms with E-state index in [1.807, 2.05) is 18.2 Å². The van der Waals surface area contributed by atoms with Crippen LogP contribution >= 0.6 is 34.5 Å². The number of rotatable bonds is 9. The molecule has 12 heteroatoms. The normalized spacial score (nSPS) is 13.8. The Morgan fingerprint density at radius 2 is 1.85 bits per heavy atom. The van der Waals surface area contributed by atoms with Crippen molar-refractivity contribution in [2.45, 2.75) is 6.42 Å². The minimum absolute atomic E-state index is 0.364. The number of urea groups is 1. The summed E-state index contributed by atoms with van der Waals surface area (Å²) in [7, 11) is 1.58. The third-order valence-electron chi connectivity index (χ3n) is 6.21. The highest BCUT2D eigenvalue weighted by Crippen LogP contribution is 2.41. The standard InChI is InChI=1S/C27H28Cl2N6O3S/c1-37-20-5-2-4-19(16-20)32-27(36)31-18-8-6-17(7-9-18)25-33-22-21(28)24(29)39-23(22)26(34-25)30-10-3-11-35-12-14-38-15-13-35/h2,4-9,16H,3,10-15H2,1H3,(H,30,33,34)(H2,31,32,36). The Kier molecular flexibility index (Phi) is 9.00. The Balaban J connectivity index is 1.27. The zero-order valence-corrected chi connectivity index (χ0v) is 23.6. The van der Waals surface area contributed by atoms with E-state index in [2.05, 4.69) is 20.9 Å². The number of halogens is 2. The molecule has 0 bridgehead atoms. The third-order valence-corrected chi connectivity index (χ3v) is 8.18. The van der Waals surface area contributed by atoms with Crippen LogP contribution in [-0.4, -0.2) is 67.4 Å². The molecule has 0 atom stereocenters. The second-order valence-corrected chi connectivity index (χ2v) is 10.9. The highest BCUT2D eigenvalue weighted by Gasteiger charge is 2.18. The van der Waals surface area contributed by atoms with E-state index in [1.54, 1.807) is 37.4 Å². The molecule has 1 saturated heterocycles. The number of amides is 2. The van der Waals surface area contributed by atoms with Crippen molar-refractivity contribution in [1.82, 2.24) is 14.9 Å². The van der Waals surface area contributed by atoms with Gasteiger partial charge in [0.05, 0.1) is 30.0 Å². The maximum atomic E-state index is 12.5. The van der Waals surface area contributed by atoms with Crippen molar-refractivity contribution in [3.05, 3.63) is 57.9 Å². The topological polar surface area (TPSA) is 101 Å². The van der Waals surface area contributed by atoms with E-state index < -0.39 is 0 Å². The summed E-state index contributed by atoms with van der Waals surface area (Å²) in [6, 6.07) is 14.1. The number of carbonyl (C=O) groups excluding carboxylic acids is 1. The SMILES string of the molecule is COc1cccc(NC(=O)Nc2ccc(-c3nc(NCCCN4CCOCC4)c4sc(Cl)c(Cl)c4n3)cc2)c1. The number of nitrogens with one attached hydrogen (secondary N) is 3. The van der Waals surface area contributed by atoms with Crippen LogP contribution in [0.2, 0.25) is 9.36 Å². The number of anilines is 3. The summed E-state index contributed by atoms with van der Waals surface area (Å²) in [6.07, 6.45) is 0.964. The van der Waals surface area contributed by atoms with Gasteiger partial charge in [-0.3, -0.25) is 4.90 Å². The summed E-state index contributed by atoms with van der Waals surface area (Å²) in [5.41, 5.74) is 2.65. The lowest BCUT2D eigenvalue weighted by molar-refractivity contribution is 0.0378. The van der Waals surface area contributed by atoms with Gasteiger partial charge in [0.25, 0.3) is 0 Å². The molecule has 5 rings (SSSR count). The molecule has 0 unspecified atom stereocenters. The summed E-state index contributed by atoms with van der Waals surface area (Å²) in [5, 5.41) is 9.50. The van der Waals surface area contributed by atoms with Gasteiger partial charge in [0.1, 0.15) is 21.4 Å². The number of thiophene rings is 1. The lowest BCUT2D eigenvalue weighted by atomic mass is 10.2. The Morgan fingerprint density at radius 1 is 1.08 bits per heavy atom. The first-order valence-electron chi connectivity index (χ1n) is 12.5. The molecule has 0 saturated carbocycles. The van der Waals surface area contributed by atoms with Crippen molar-refractivity contribution >= 4 is 68.0 Å². The summed E-state index contributed by atoms with van der Waals surface area (Å²) in [6.45, 7) is 5.25. The first kappa shape index (κ1) is 27.4. The fourth-order valence-electron chi connectivity index (χ4n) is 4.20. The third kappa shape index (κ3) is 6.90. The van der Waals surface area contributed by atoms with Gasteiger partial charge in [0.15, 0.2) is 5.82 Å². The maximum Gasteiger partial charge on any atom is 0.323 e. The predicted octanol–water partition coefficient (Wildman–Crippen LogP) is 6.45. The maximum absolute atomic E-state index is 12.5. The number of aromatic nitrogens is 2. The van der Waals surface area contributed by atoms with E-state index in [4.69, 9.17) is 42.6 Å². The van der Waals surface area contributed by atoms with Gasteiger partial charge in [0.2, 0.25) is 0 Å². The second kappa shape index (κ2) is 12.8. The van der Waals surface area contributed by atoms with E-state index in [9.17, 15) is 4.79 Å². The molecule has 3 heterocycles. The number of benzene rings is 2. The van der Waals surface area contributed by atoms with Crippen LogP contribution in [0.4, 0.5) is 22.0 Å². The van der Waals surface area contributed by atoms with Gasteiger partial charge in [-0.05, 0) is 49.4 Å². The van der Waals surface area contributed by atoms with Crippen molar-refractivity contribution in [3.8, 4) is 17.1 Å². The van der Waals surface area contributed by atoms with Gasteiger partial charge < -0.3 is 25.4 Å². The first-order chi connectivity index (χ1) is 19.0. The summed E-state index contributed by atoms with van der Waals surface area (Å²) in [4.78, 5) is 24.4. The smallest absolute Gasteiger partial charge is 0.323 e. The lowest BCUT2D eigenvalue weighted by Crippen LogP contribution is -2.37. The van der Waals surface area contributed by atoms with Gasteiger partial charge in [0, 0.05) is 42.6 Å². The molecule has 0 aliphatic carbocycles. The molecule has 9 nitrogen and oxygen atoms in total. The molecule has 2 amide bonds. The molecular formula is C27H28Cl2N6O3S. The second-order valence-electron chi connectivity index (χ2n) is 8.89. The number of ether oxygens (including phenoxy) is 2. The van der Waals surface area contributed by atoms with Crippen LogP contribution < -0.4 is 20.7 Å². The van der Waals surface area contributed by atoms with Gasteiger partial charge in [-0.1, -0.05) is 29.3 Å². The monoisotopic (exact) mass is 586 g/mol. The Bertz CT molecular complexity index is 1440. The molecule has 2 aromatic heterocycles. The Morgan fingerprint density at radius 3 is 2.62 bits per heavy atom. The highest BCUT2D eigenvalue weighted by molar-refractivity contribution is 7.24. The van der Waals surface area contributed by atoms with Gasteiger partial charge in [-0.25, -0.2) is 14.8 Å². The summed E-state index contributed by atoms with van der Waals surface area (Å²) in [5.74, 6) is 1.88. The van der Waals surface area contributed by atoms with Crippen molar-refractivity contribution in [3.63, 3.8) is 0 Å². The molecule has 1 aliphatic heterocycles. The molecule has 1 aliphatic rings. The van der Waals surface area contributed by atoms with Crippen LogP contribution in [0.3, 0.4) is 0 Å². The molecule has 1 fully saturated rings. The predicted molar refractivity (Wildman–Crippen MR) is 159 cm³/mol. The number of methoxy groups -OCH3 is 1. The number of morpholine rings is 1. The van der Waals surface area contributed by atoms with Crippen LogP contribution in [0, 0.1) is 0 Å². The fourth-order valence-corrected chi connectivity index (χ4v) is 5.66. The zero-order chi connectivity index (χ0) is 27.2. The molecule has 2 aromatic carbocycles. The molecule has 0 spiro atoms. The molecule has 4 aromatic rings. The zero-order valence-electron chi connectivity index (χ0n) is 21.3. The molecule has 3 N–H and O–H groups in total. The van der Waals surface area contributed by atoms with Crippen LogP contribution in [0.15, 0.2) is 48.5 Å². The van der Waals surface area contributed by atoms with E-state index in [0.717, 1.165) is 56.1 Å². The molecular weight excluding hydrogens is 559 g/mol. The van der Waals surface area contributed by atoms with E-state index in [1.165, 1.54) is 11.3 Å². The van der Waals surface area contributed by atoms with Gasteiger partial charge in [-0.15, -0.1) is 11.3 Å². The lowest BCUT2D eigenvalue weighted by Gasteiger charge is -2.26. The Hall–Kier alpha value is -3.15. The number of carbonyl (C=O) groups is 1. The quantitative estimate of drug-likeness (QED) is 0.194. The van der Waals surface area contributed by atoms with E-state index >= 15 is 0 Å². The first-order valence-corrected chi connectivity index (χ1v) is 14.1. The summed E-state index contributed by atoms with van der Waals surface area (Å²) >= 11 is 14.2. The largest absolute Gasteiger partial charge is 0.497 e.